The summed E-state index contributed by atoms with van der Waals surface area (Å²) in [5.74, 6) is 1.88. The van der Waals surface area contributed by atoms with E-state index in [-0.39, 0.29) is 11.6 Å². The summed E-state index contributed by atoms with van der Waals surface area (Å²) < 4.78 is 11.3. The summed E-state index contributed by atoms with van der Waals surface area (Å²) in [5, 5.41) is 7.10. The van der Waals surface area contributed by atoms with Gasteiger partial charge >= 0.3 is 0 Å². The van der Waals surface area contributed by atoms with E-state index in [1.165, 1.54) is 19.3 Å². The summed E-state index contributed by atoms with van der Waals surface area (Å²) in [4.78, 5) is 9.32. The van der Waals surface area contributed by atoms with Gasteiger partial charge in [-0.2, -0.15) is 0 Å². The second-order valence-electron chi connectivity index (χ2n) is 8.17. The van der Waals surface area contributed by atoms with Crippen molar-refractivity contribution < 1.29 is 9.15 Å². The Bertz CT molecular complexity index is 590. The predicted octanol–water partition coefficient (Wildman–Crippen LogP) is 2.08. The van der Waals surface area contributed by atoms with E-state index in [2.05, 4.69) is 45.6 Å². The fourth-order valence-corrected chi connectivity index (χ4v) is 4.32. The van der Waals surface area contributed by atoms with Gasteiger partial charge in [0.05, 0.1) is 12.3 Å². The zero-order valence-corrected chi connectivity index (χ0v) is 17.7. The van der Waals surface area contributed by atoms with E-state index in [1.807, 2.05) is 13.1 Å². The number of aliphatic imine (C=N–C) groups is 1. The summed E-state index contributed by atoms with van der Waals surface area (Å²) >= 11 is 0. The van der Waals surface area contributed by atoms with Crippen LogP contribution in [-0.2, 0) is 4.74 Å². The van der Waals surface area contributed by atoms with Crippen molar-refractivity contribution in [2.24, 2.45) is 4.99 Å². The Morgan fingerprint density at radius 1 is 1.21 bits per heavy atom. The summed E-state index contributed by atoms with van der Waals surface area (Å²) in [6.07, 6.45) is 7.69. The maximum atomic E-state index is 5.75. The molecule has 2 aliphatic heterocycles. The molecule has 1 atom stereocenters. The van der Waals surface area contributed by atoms with Crippen LogP contribution < -0.4 is 10.6 Å². The van der Waals surface area contributed by atoms with Gasteiger partial charge in [0.25, 0.3) is 0 Å². The molecule has 1 aromatic rings. The van der Waals surface area contributed by atoms with Gasteiger partial charge in [-0.15, -0.1) is 0 Å². The molecular weight excluding hydrogens is 354 g/mol. The zero-order chi connectivity index (χ0) is 19.8. The number of nitrogens with one attached hydrogen (secondary N) is 2. The molecular formula is C21H37N5O2. The molecule has 3 rings (SSSR count). The maximum Gasteiger partial charge on any atom is 0.191 e. The van der Waals surface area contributed by atoms with Crippen LogP contribution in [0.15, 0.2) is 27.8 Å². The van der Waals surface area contributed by atoms with E-state index in [0.29, 0.717) is 0 Å². The average molecular weight is 392 g/mol. The predicted molar refractivity (Wildman–Crippen MR) is 113 cm³/mol. The minimum Gasteiger partial charge on any atom is -0.468 e. The largest absolute Gasteiger partial charge is 0.468 e. The van der Waals surface area contributed by atoms with Crippen LogP contribution in [0.2, 0.25) is 0 Å². The van der Waals surface area contributed by atoms with Crippen molar-refractivity contribution in [3.63, 3.8) is 0 Å². The van der Waals surface area contributed by atoms with E-state index in [4.69, 9.17) is 9.15 Å². The zero-order valence-electron chi connectivity index (χ0n) is 17.7. The summed E-state index contributed by atoms with van der Waals surface area (Å²) in [6, 6.07) is 4.30. The number of nitrogens with zero attached hydrogens (tertiary/aromatic N) is 3. The van der Waals surface area contributed by atoms with Crippen LogP contribution in [0.1, 0.15) is 43.9 Å². The van der Waals surface area contributed by atoms with Crippen LogP contribution in [0.5, 0.6) is 0 Å². The van der Waals surface area contributed by atoms with Gasteiger partial charge in [0, 0.05) is 38.9 Å². The molecule has 2 N–H and O–H groups in total. The molecule has 158 valence electrons. The van der Waals surface area contributed by atoms with Crippen LogP contribution in [0.3, 0.4) is 0 Å². The number of hydrogen-bond acceptors (Lipinski definition) is 5. The third-order valence-electron chi connectivity index (χ3n) is 6.35. The van der Waals surface area contributed by atoms with Gasteiger partial charge in [-0.1, -0.05) is 6.42 Å². The molecule has 0 radical (unpaired) electrons. The van der Waals surface area contributed by atoms with Gasteiger partial charge < -0.3 is 24.7 Å². The first-order chi connectivity index (χ1) is 13.6. The molecule has 0 aliphatic carbocycles. The van der Waals surface area contributed by atoms with Crippen molar-refractivity contribution in [3.8, 4) is 0 Å². The molecule has 2 fully saturated rings. The van der Waals surface area contributed by atoms with E-state index < -0.39 is 0 Å². The normalized spacial score (nSPS) is 22.2. The first-order valence-electron chi connectivity index (χ1n) is 10.6. The van der Waals surface area contributed by atoms with Crippen molar-refractivity contribution in [3.05, 3.63) is 24.2 Å². The molecule has 0 amide bonds. The molecule has 2 saturated heterocycles. The molecule has 0 spiro atoms. The highest BCUT2D eigenvalue weighted by atomic mass is 16.5. The minimum absolute atomic E-state index is 0.114. The number of furan rings is 1. The van der Waals surface area contributed by atoms with Crippen molar-refractivity contribution >= 4 is 5.96 Å². The third-order valence-corrected chi connectivity index (χ3v) is 6.35. The molecule has 0 aromatic carbocycles. The topological polar surface area (TPSA) is 65.3 Å². The van der Waals surface area contributed by atoms with Gasteiger partial charge in [0.1, 0.15) is 5.76 Å². The highest BCUT2D eigenvalue weighted by molar-refractivity contribution is 5.79. The molecule has 1 aromatic heterocycles. The molecule has 28 heavy (non-hydrogen) atoms. The van der Waals surface area contributed by atoms with Crippen LogP contribution in [0.25, 0.3) is 0 Å². The lowest BCUT2D eigenvalue weighted by Crippen LogP contribution is -2.57. The Kier molecular flexibility index (Phi) is 7.76. The number of rotatable bonds is 7. The Balaban J connectivity index is 1.58. The molecule has 0 bridgehead atoms. The van der Waals surface area contributed by atoms with Crippen LogP contribution in [0, 0.1) is 0 Å². The van der Waals surface area contributed by atoms with Crippen molar-refractivity contribution in [1.29, 1.82) is 0 Å². The Morgan fingerprint density at radius 2 is 1.96 bits per heavy atom. The number of likely N-dealkylation sites (tertiary alicyclic amines) is 1. The SMILES string of the molecule is CN=C(NCC(c1ccco1)N1CCCCC1)NCC1(N(C)C)CCOCC1. The third kappa shape index (κ3) is 5.27. The quantitative estimate of drug-likeness (QED) is 0.548. The number of piperidine rings is 1. The average Bonchev–Trinajstić information content (AvgIpc) is 3.26. The molecule has 0 saturated carbocycles. The summed E-state index contributed by atoms with van der Waals surface area (Å²) in [5.41, 5.74) is 0.114. The van der Waals surface area contributed by atoms with Crippen molar-refractivity contribution in [2.75, 3.05) is 60.5 Å². The van der Waals surface area contributed by atoms with Crippen LogP contribution in [-0.4, -0.2) is 81.8 Å². The standard InChI is InChI=1S/C21H37N5O2/c1-22-20(24-17-21(25(2)3)9-14-27-15-10-21)23-16-18(19-8-7-13-28-19)26-11-5-4-6-12-26/h7-8,13,18H,4-6,9-12,14-17H2,1-3H3,(H2,22,23,24). The lowest BCUT2D eigenvalue weighted by Gasteiger charge is -2.43. The fourth-order valence-electron chi connectivity index (χ4n) is 4.32. The molecule has 3 heterocycles. The van der Waals surface area contributed by atoms with Crippen LogP contribution in [0.4, 0.5) is 0 Å². The lowest BCUT2D eigenvalue weighted by atomic mass is 9.88. The summed E-state index contributed by atoms with van der Waals surface area (Å²) in [7, 11) is 6.16. The van der Waals surface area contributed by atoms with Gasteiger partial charge in [0.15, 0.2) is 5.96 Å². The van der Waals surface area contributed by atoms with E-state index >= 15 is 0 Å². The van der Waals surface area contributed by atoms with Gasteiger partial charge in [-0.25, -0.2) is 0 Å². The Hall–Kier alpha value is -1.57. The van der Waals surface area contributed by atoms with E-state index in [9.17, 15) is 0 Å². The smallest absolute Gasteiger partial charge is 0.191 e. The van der Waals surface area contributed by atoms with E-state index in [0.717, 1.165) is 64.0 Å². The monoisotopic (exact) mass is 391 g/mol. The molecule has 7 heteroatoms. The second kappa shape index (κ2) is 10.3. The van der Waals surface area contributed by atoms with Crippen molar-refractivity contribution in [1.82, 2.24) is 20.4 Å². The van der Waals surface area contributed by atoms with Crippen LogP contribution >= 0.6 is 0 Å². The number of ether oxygens (including phenoxy) is 1. The number of guanidine groups is 1. The van der Waals surface area contributed by atoms with E-state index in [1.54, 1.807) is 6.26 Å². The lowest BCUT2D eigenvalue weighted by molar-refractivity contribution is -0.00502. The number of likely N-dealkylation sites (N-methyl/N-ethyl adjacent to an activating group) is 1. The highest BCUT2D eigenvalue weighted by Gasteiger charge is 2.35. The fraction of sp³-hybridized carbons (Fsp3) is 0.762. The molecule has 7 nitrogen and oxygen atoms in total. The maximum absolute atomic E-state index is 5.75. The van der Waals surface area contributed by atoms with Gasteiger partial charge in [-0.3, -0.25) is 9.89 Å². The van der Waals surface area contributed by atoms with Gasteiger partial charge in [-0.05, 0) is 65.0 Å². The van der Waals surface area contributed by atoms with Gasteiger partial charge in [0.2, 0.25) is 0 Å². The minimum atomic E-state index is 0.114. The molecule has 2 aliphatic rings. The Labute approximate surface area is 169 Å². The first-order valence-corrected chi connectivity index (χ1v) is 10.6. The van der Waals surface area contributed by atoms with Crippen molar-refractivity contribution in [2.45, 2.75) is 43.7 Å². The Morgan fingerprint density at radius 3 is 2.57 bits per heavy atom. The highest BCUT2D eigenvalue weighted by Crippen LogP contribution is 2.26. The molecule has 1 unspecified atom stereocenters. The second-order valence-corrected chi connectivity index (χ2v) is 8.17. The number of hydrogen-bond donors (Lipinski definition) is 2. The summed E-state index contributed by atoms with van der Waals surface area (Å²) in [6.45, 7) is 5.54. The first kappa shape index (κ1) is 21.1.